The molecule has 0 bridgehead atoms. The molecule has 3 aromatic rings. The fraction of sp³-hybridized carbons (Fsp3) is 0.118. The van der Waals surface area contributed by atoms with Crippen LogP contribution in [0, 0.1) is 0 Å². The van der Waals surface area contributed by atoms with Gasteiger partial charge in [-0.15, -0.1) is 10.2 Å². The van der Waals surface area contributed by atoms with Gasteiger partial charge in [-0.1, -0.05) is 35.5 Å². The first-order valence-electron chi connectivity index (χ1n) is 8.13. The van der Waals surface area contributed by atoms with Crippen LogP contribution in [0.15, 0.2) is 59.0 Å². The average Bonchev–Trinajstić information content (AvgIpc) is 3.06. The highest BCUT2D eigenvalue weighted by atomic mass is 35.5. The van der Waals surface area contributed by atoms with E-state index in [2.05, 4.69) is 31.0 Å². The van der Waals surface area contributed by atoms with E-state index in [9.17, 15) is 4.79 Å². The van der Waals surface area contributed by atoms with Gasteiger partial charge in [-0.3, -0.25) is 9.78 Å². The maximum Gasteiger partial charge on any atom is 0.264 e. The molecular weight excluding hydrogens is 400 g/mol. The third-order valence-corrected chi connectivity index (χ3v) is 4.84. The van der Waals surface area contributed by atoms with Crippen molar-refractivity contribution in [3.63, 3.8) is 0 Å². The number of anilines is 2. The maximum atomic E-state index is 12.1. The summed E-state index contributed by atoms with van der Waals surface area (Å²) in [6.45, 7) is 1.84. The van der Waals surface area contributed by atoms with Crippen LogP contribution in [0.1, 0.15) is 12.5 Å². The molecule has 0 spiro atoms. The van der Waals surface area contributed by atoms with Gasteiger partial charge >= 0.3 is 0 Å². The molecule has 0 saturated carbocycles. The van der Waals surface area contributed by atoms with Crippen LogP contribution >= 0.6 is 23.4 Å². The van der Waals surface area contributed by atoms with Crippen LogP contribution in [0.2, 0.25) is 5.02 Å². The number of rotatable bonds is 7. The molecule has 0 radical (unpaired) electrons. The van der Waals surface area contributed by atoms with Crippen LogP contribution < -0.4 is 16.6 Å². The minimum Gasteiger partial charge on any atom is -0.334 e. The molecule has 0 atom stereocenters. The highest BCUT2D eigenvalue weighted by Crippen LogP contribution is 2.22. The number of halogens is 1. The van der Waals surface area contributed by atoms with E-state index in [1.807, 2.05) is 19.1 Å². The number of thioether (sulfide) groups is 1. The molecule has 4 N–H and O–H groups in total. The molecule has 0 saturated heterocycles. The van der Waals surface area contributed by atoms with Gasteiger partial charge in [0.2, 0.25) is 11.1 Å². The van der Waals surface area contributed by atoms with Crippen molar-refractivity contribution >= 4 is 46.6 Å². The molecule has 11 heteroatoms. The van der Waals surface area contributed by atoms with E-state index in [-0.39, 0.29) is 17.6 Å². The van der Waals surface area contributed by atoms with E-state index in [1.165, 1.54) is 4.68 Å². The molecule has 1 amide bonds. The second-order valence-corrected chi connectivity index (χ2v) is 6.89. The van der Waals surface area contributed by atoms with Crippen molar-refractivity contribution in [3.05, 3.63) is 59.4 Å². The number of nitrogens with one attached hydrogen (secondary N) is 2. The molecule has 2 heterocycles. The number of hydrogen-bond donors (Lipinski definition) is 3. The second-order valence-electron chi connectivity index (χ2n) is 5.54. The first kappa shape index (κ1) is 19.6. The van der Waals surface area contributed by atoms with Crippen molar-refractivity contribution in [2.45, 2.75) is 12.1 Å². The van der Waals surface area contributed by atoms with Crippen LogP contribution in [0.3, 0.4) is 0 Å². The lowest BCUT2D eigenvalue weighted by atomic mass is 10.2. The summed E-state index contributed by atoms with van der Waals surface area (Å²) < 4.78 is 1.23. The molecule has 0 aliphatic heterocycles. The predicted octanol–water partition coefficient (Wildman–Crippen LogP) is 2.61. The molecule has 0 aliphatic rings. The Kier molecular flexibility index (Phi) is 6.45. The molecular formula is C17H17ClN8OS. The number of hydrazone groups is 1. The molecule has 0 unspecified atom stereocenters. The summed E-state index contributed by atoms with van der Waals surface area (Å²) in [5.41, 5.74) is 4.96. The molecule has 3 rings (SSSR count). The third kappa shape index (κ3) is 4.99. The van der Waals surface area contributed by atoms with Crippen molar-refractivity contribution in [3.8, 4) is 0 Å². The number of nitrogen functional groups attached to an aromatic ring is 1. The summed E-state index contributed by atoms with van der Waals surface area (Å²) in [5.74, 6) is 6.08. The topological polar surface area (TPSA) is 123 Å². The monoisotopic (exact) mass is 416 g/mol. The quantitative estimate of drug-likeness (QED) is 0.234. The standard InChI is InChI=1S/C17H17ClN8OS/c1-11(12-6-8-20-9-7-12)22-23-16-24-25-17(26(16)19)28-10-15(27)21-14-5-3-2-4-13(14)18/h2-9H,10,19H2,1H3,(H,21,27)(H,23,24)/b22-11+. The number of hydrogen-bond acceptors (Lipinski definition) is 8. The summed E-state index contributed by atoms with van der Waals surface area (Å²) in [7, 11) is 0. The lowest BCUT2D eigenvalue weighted by Crippen LogP contribution is -2.17. The fourth-order valence-electron chi connectivity index (χ4n) is 2.12. The summed E-state index contributed by atoms with van der Waals surface area (Å²) >= 11 is 7.17. The molecule has 28 heavy (non-hydrogen) atoms. The molecule has 0 fully saturated rings. The zero-order valence-electron chi connectivity index (χ0n) is 14.8. The minimum atomic E-state index is -0.234. The first-order valence-corrected chi connectivity index (χ1v) is 9.49. The summed E-state index contributed by atoms with van der Waals surface area (Å²) in [6, 6.07) is 10.7. The highest BCUT2D eigenvalue weighted by molar-refractivity contribution is 7.99. The molecule has 9 nitrogen and oxygen atoms in total. The van der Waals surface area contributed by atoms with Crippen molar-refractivity contribution in [1.29, 1.82) is 0 Å². The number of carbonyl (C=O) groups is 1. The number of amides is 1. The number of benzene rings is 1. The normalized spacial score (nSPS) is 11.3. The fourth-order valence-corrected chi connectivity index (χ4v) is 2.96. The summed E-state index contributed by atoms with van der Waals surface area (Å²) in [6.07, 6.45) is 3.37. The Bertz CT molecular complexity index is 992. The van der Waals surface area contributed by atoms with Crippen LogP contribution in [0.5, 0.6) is 0 Å². The van der Waals surface area contributed by atoms with Crippen molar-refractivity contribution in [1.82, 2.24) is 19.9 Å². The lowest BCUT2D eigenvalue weighted by Gasteiger charge is -2.07. The van der Waals surface area contributed by atoms with E-state index in [1.54, 1.807) is 36.7 Å². The number of carbonyl (C=O) groups excluding carboxylic acids is 1. The summed E-state index contributed by atoms with van der Waals surface area (Å²) in [5, 5.41) is 15.7. The first-order chi connectivity index (χ1) is 13.5. The maximum absolute atomic E-state index is 12.1. The zero-order chi connectivity index (χ0) is 19.9. The molecule has 2 aromatic heterocycles. The SMILES string of the molecule is C/C(=N\Nc1nnc(SCC(=O)Nc2ccccc2Cl)n1N)c1ccncc1. The average molecular weight is 417 g/mol. The van der Waals surface area contributed by atoms with Crippen LogP contribution in [-0.4, -0.2) is 37.2 Å². The predicted molar refractivity (Wildman–Crippen MR) is 111 cm³/mol. The van der Waals surface area contributed by atoms with Gasteiger partial charge in [0.25, 0.3) is 5.95 Å². The van der Waals surface area contributed by atoms with Gasteiger partial charge in [0, 0.05) is 18.0 Å². The van der Waals surface area contributed by atoms with E-state index in [4.69, 9.17) is 17.4 Å². The smallest absolute Gasteiger partial charge is 0.264 e. The van der Waals surface area contributed by atoms with Gasteiger partial charge < -0.3 is 11.2 Å². The van der Waals surface area contributed by atoms with Crippen LogP contribution in [0.25, 0.3) is 0 Å². The van der Waals surface area contributed by atoms with Gasteiger partial charge in [0.15, 0.2) is 0 Å². The van der Waals surface area contributed by atoms with E-state index in [0.29, 0.717) is 15.9 Å². The Morgan fingerprint density at radius 1 is 1.25 bits per heavy atom. The zero-order valence-corrected chi connectivity index (χ0v) is 16.4. The van der Waals surface area contributed by atoms with E-state index >= 15 is 0 Å². The van der Waals surface area contributed by atoms with Gasteiger partial charge in [-0.25, -0.2) is 10.1 Å². The Morgan fingerprint density at radius 2 is 2.00 bits per heavy atom. The number of nitrogens with zero attached hydrogens (tertiary/aromatic N) is 5. The Morgan fingerprint density at radius 3 is 2.75 bits per heavy atom. The number of aromatic nitrogens is 4. The molecule has 1 aromatic carbocycles. The number of nitrogens with two attached hydrogens (primary N) is 1. The second kappa shape index (κ2) is 9.20. The van der Waals surface area contributed by atoms with Crippen LogP contribution in [0.4, 0.5) is 11.6 Å². The minimum absolute atomic E-state index is 0.0971. The van der Waals surface area contributed by atoms with Gasteiger partial charge in [0.05, 0.1) is 22.2 Å². The molecule has 0 aliphatic carbocycles. The van der Waals surface area contributed by atoms with Crippen molar-refractivity contribution < 1.29 is 4.79 Å². The van der Waals surface area contributed by atoms with Crippen molar-refractivity contribution in [2.75, 3.05) is 22.3 Å². The van der Waals surface area contributed by atoms with E-state index < -0.39 is 0 Å². The Balaban J connectivity index is 1.57. The highest BCUT2D eigenvalue weighted by Gasteiger charge is 2.13. The molecule has 144 valence electrons. The third-order valence-electron chi connectivity index (χ3n) is 3.57. The van der Waals surface area contributed by atoms with Crippen molar-refractivity contribution in [2.24, 2.45) is 5.10 Å². The van der Waals surface area contributed by atoms with Gasteiger partial charge in [-0.2, -0.15) is 5.10 Å². The van der Waals surface area contributed by atoms with E-state index in [0.717, 1.165) is 23.0 Å². The number of pyridine rings is 1. The lowest BCUT2D eigenvalue weighted by molar-refractivity contribution is -0.113. The van der Waals surface area contributed by atoms with Gasteiger partial charge in [0.1, 0.15) is 0 Å². The summed E-state index contributed by atoms with van der Waals surface area (Å²) in [4.78, 5) is 16.1. The Labute approximate surface area is 170 Å². The van der Waals surface area contributed by atoms with Gasteiger partial charge in [-0.05, 0) is 31.2 Å². The van der Waals surface area contributed by atoms with Crippen LogP contribution in [-0.2, 0) is 4.79 Å². The number of para-hydroxylation sites is 1. The Hall–Kier alpha value is -3.11. The largest absolute Gasteiger partial charge is 0.334 e.